The van der Waals surface area contributed by atoms with Crippen molar-refractivity contribution in [1.29, 1.82) is 0 Å². The highest BCUT2D eigenvalue weighted by Gasteiger charge is 2.42. The first kappa shape index (κ1) is 19.8. The Labute approximate surface area is 153 Å². The average Bonchev–Trinajstić information content (AvgIpc) is 3.03. The lowest BCUT2D eigenvalue weighted by Crippen LogP contribution is -2.40. The van der Waals surface area contributed by atoms with Gasteiger partial charge >= 0.3 is 12.0 Å². The minimum Gasteiger partial charge on any atom is -0.481 e. The lowest BCUT2D eigenvalue weighted by atomic mass is 9.90. The molecule has 0 aromatic heterocycles. The number of benzene rings is 1. The molecular weight excluding hydrogens is 334 g/mol. The molecule has 2 unspecified atom stereocenters. The van der Waals surface area contributed by atoms with E-state index in [-0.39, 0.29) is 24.4 Å². The molecule has 26 heavy (non-hydrogen) atoms. The largest absolute Gasteiger partial charge is 0.481 e. The third-order valence-corrected chi connectivity index (χ3v) is 4.98. The minimum absolute atomic E-state index is 0.0290. The highest BCUT2D eigenvalue weighted by atomic mass is 16.4. The van der Waals surface area contributed by atoms with Crippen molar-refractivity contribution in [2.45, 2.75) is 40.2 Å². The Morgan fingerprint density at radius 3 is 2.69 bits per heavy atom. The van der Waals surface area contributed by atoms with Crippen LogP contribution in [0.5, 0.6) is 0 Å². The van der Waals surface area contributed by atoms with E-state index >= 15 is 0 Å². The molecule has 7 nitrogen and oxygen atoms in total. The van der Waals surface area contributed by atoms with E-state index in [1.807, 2.05) is 38.1 Å². The number of hydrogen-bond donors (Lipinski definition) is 3. The fourth-order valence-corrected chi connectivity index (χ4v) is 2.81. The van der Waals surface area contributed by atoms with Crippen LogP contribution in [0.3, 0.4) is 0 Å². The summed E-state index contributed by atoms with van der Waals surface area (Å²) in [6.07, 6.45) is 1.22. The number of nitrogens with one attached hydrogen (secondary N) is 2. The molecule has 1 fully saturated rings. The third kappa shape index (κ3) is 4.74. The van der Waals surface area contributed by atoms with Crippen LogP contribution in [-0.4, -0.2) is 41.0 Å². The summed E-state index contributed by atoms with van der Waals surface area (Å²) < 4.78 is 0. The standard InChI is InChI=1S/C19H27N3O4/c1-4-13(2)16(23)21-15-7-5-6-14(10-15)11-20-18(26)22-9-8-19(3,12-22)17(24)25/h5-7,10,13H,4,8-9,11-12H2,1-3H3,(H,20,26)(H,21,23)(H,24,25). The van der Waals surface area contributed by atoms with E-state index in [1.54, 1.807) is 6.92 Å². The highest BCUT2D eigenvalue weighted by molar-refractivity contribution is 5.92. The Balaban J connectivity index is 1.90. The maximum atomic E-state index is 12.3. The average molecular weight is 361 g/mol. The molecule has 1 heterocycles. The van der Waals surface area contributed by atoms with Crippen LogP contribution in [0.25, 0.3) is 0 Å². The summed E-state index contributed by atoms with van der Waals surface area (Å²) in [5.41, 5.74) is 0.680. The van der Waals surface area contributed by atoms with E-state index in [9.17, 15) is 19.5 Å². The predicted molar refractivity (Wildman–Crippen MR) is 98.7 cm³/mol. The van der Waals surface area contributed by atoms with Crippen LogP contribution in [0.4, 0.5) is 10.5 Å². The fourth-order valence-electron chi connectivity index (χ4n) is 2.81. The fraction of sp³-hybridized carbons (Fsp3) is 0.526. The Kier molecular flexibility index (Phi) is 6.23. The van der Waals surface area contributed by atoms with Crippen molar-refractivity contribution in [3.8, 4) is 0 Å². The summed E-state index contributed by atoms with van der Waals surface area (Å²) in [6.45, 7) is 6.45. The highest BCUT2D eigenvalue weighted by Crippen LogP contribution is 2.30. The smallest absolute Gasteiger partial charge is 0.317 e. The van der Waals surface area contributed by atoms with Crippen LogP contribution >= 0.6 is 0 Å². The number of anilines is 1. The summed E-state index contributed by atoms with van der Waals surface area (Å²) in [7, 11) is 0. The van der Waals surface area contributed by atoms with Gasteiger partial charge in [-0.05, 0) is 37.5 Å². The minimum atomic E-state index is -0.877. The molecule has 3 amide bonds. The van der Waals surface area contributed by atoms with E-state index in [0.29, 0.717) is 25.2 Å². The Bertz CT molecular complexity index is 691. The van der Waals surface area contributed by atoms with Gasteiger partial charge in [-0.3, -0.25) is 9.59 Å². The first-order valence-corrected chi connectivity index (χ1v) is 8.91. The number of amides is 3. The van der Waals surface area contributed by atoms with Gasteiger partial charge in [0, 0.05) is 31.2 Å². The molecule has 1 aromatic rings. The first-order valence-electron chi connectivity index (χ1n) is 8.91. The van der Waals surface area contributed by atoms with Crippen LogP contribution in [0.2, 0.25) is 0 Å². The lowest BCUT2D eigenvalue weighted by Gasteiger charge is -2.20. The van der Waals surface area contributed by atoms with Gasteiger partial charge in [0.05, 0.1) is 5.41 Å². The van der Waals surface area contributed by atoms with Crippen molar-refractivity contribution < 1.29 is 19.5 Å². The molecule has 1 saturated heterocycles. The van der Waals surface area contributed by atoms with Crippen LogP contribution in [0.15, 0.2) is 24.3 Å². The molecule has 1 aliphatic rings. The number of urea groups is 1. The SMILES string of the molecule is CCC(C)C(=O)Nc1cccc(CNC(=O)N2CCC(C)(C(=O)O)C2)c1. The number of carbonyl (C=O) groups excluding carboxylic acids is 2. The number of rotatable bonds is 6. The van der Waals surface area contributed by atoms with Crippen LogP contribution in [0.1, 0.15) is 39.2 Å². The molecule has 142 valence electrons. The zero-order chi connectivity index (χ0) is 19.3. The molecule has 1 aromatic carbocycles. The summed E-state index contributed by atoms with van der Waals surface area (Å²) in [4.78, 5) is 37.1. The summed E-state index contributed by atoms with van der Waals surface area (Å²) in [5.74, 6) is -0.965. The van der Waals surface area contributed by atoms with Gasteiger partial charge in [0.2, 0.25) is 5.91 Å². The Morgan fingerprint density at radius 1 is 1.35 bits per heavy atom. The number of likely N-dealkylation sites (tertiary alicyclic amines) is 1. The van der Waals surface area contributed by atoms with Crippen molar-refractivity contribution in [3.05, 3.63) is 29.8 Å². The molecule has 2 rings (SSSR count). The monoisotopic (exact) mass is 361 g/mol. The maximum absolute atomic E-state index is 12.3. The maximum Gasteiger partial charge on any atom is 0.317 e. The topological polar surface area (TPSA) is 98.7 Å². The number of nitrogens with zero attached hydrogens (tertiary/aromatic N) is 1. The second-order valence-electron chi connectivity index (χ2n) is 7.19. The van der Waals surface area contributed by atoms with Crippen molar-refractivity contribution in [2.75, 3.05) is 18.4 Å². The lowest BCUT2D eigenvalue weighted by molar-refractivity contribution is -0.147. The molecule has 1 aliphatic heterocycles. The van der Waals surface area contributed by atoms with Gasteiger partial charge in [-0.25, -0.2) is 4.79 Å². The molecule has 7 heteroatoms. The molecule has 0 spiro atoms. The number of aliphatic carboxylic acids is 1. The quantitative estimate of drug-likeness (QED) is 0.725. The summed E-state index contributed by atoms with van der Waals surface area (Å²) >= 11 is 0. The van der Waals surface area contributed by atoms with E-state index in [4.69, 9.17) is 0 Å². The number of carboxylic acid groups (broad SMARTS) is 1. The number of carboxylic acids is 1. The van der Waals surface area contributed by atoms with E-state index in [0.717, 1.165) is 12.0 Å². The van der Waals surface area contributed by atoms with Gasteiger partial charge in [0.1, 0.15) is 0 Å². The van der Waals surface area contributed by atoms with E-state index in [1.165, 1.54) is 4.90 Å². The summed E-state index contributed by atoms with van der Waals surface area (Å²) in [5, 5.41) is 14.9. The van der Waals surface area contributed by atoms with Gasteiger partial charge in [-0.15, -0.1) is 0 Å². The molecule has 0 aliphatic carbocycles. The molecular formula is C19H27N3O4. The van der Waals surface area contributed by atoms with Gasteiger partial charge in [-0.2, -0.15) is 0 Å². The van der Waals surface area contributed by atoms with Crippen molar-refractivity contribution in [3.63, 3.8) is 0 Å². The molecule has 3 N–H and O–H groups in total. The Hall–Kier alpha value is -2.57. The van der Waals surface area contributed by atoms with Gasteiger partial charge < -0.3 is 20.6 Å². The van der Waals surface area contributed by atoms with Gasteiger partial charge in [-0.1, -0.05) is 26.0 Å². The van der Waals surface area contributed by atoms with Crippen molar-refractivity contribution >= 4 is 23.6 Å². The van der Waals surface area contributed by atoms with Crippen molar-refractivity contribution in [2.24, 2.45) is 11.3 Å². The number of carbonyl (C=O) groups is 3. The molecule has 0 radical (unpaired) electrons. The molecule has 2 atom stereocenters. The first-order chi connectivity index (χ1) is 12.2. The zero-order valence-electron chi connectivity index (χ0n) is 15.5. The predicted octanol–water partition coefficient (Wildman–Crippen LogP) is 2.68. The summed E-state index contributed by atoms with van der Waals surface area (Å²) in [6, 6.07) is 7.05. The van der Waals surface area contributed by atoms with E-state index < -0.39 is 11.4 Å². The van der Waals surface area contributed by atoms with Crippen LogP contribution in [0, 0.1) is 11.3 Å². The van der Waals surface area contributed by atoms with Crippen molar-refractivity contribution in [1.82, 2.24) is 10.2 Å². The second-order valence-corrected chi connectivity index (χ2v) is 7.19. The van der Waals surface area contributed by atoms with Crippen LogP contribution in [-0.2, 0) is 16.1 Å². The third-order valence-electron chi connectivity index (χ3n) is 4.98. The molecule has 0 bridgehead atoms. The second kappa shape index (κ2) is 8.21. The zero-order valence-corrected chi connectivity index (χ0v) is 15.5. The molecule has 0 saturated carbocycles. The normalized spacial score (nSPS) is 20.5. The van der Waals surface area contributed by atoms with Gasteiger partial charge in [0.15, 0.2) is 0 Å². The van der Waals surface area contributed by atoms with E-state index in [2.05, 4.69) is 10.6 Å². The van der Waals surface area contributed by atoms with Gasteiger partial charge in [0.25, 0.3) is 0 Å². The number of hydrogen-bond acceptors (Lipinski definition) is 3. The van der Waals surface area contributed by atoms with Crippen LogP contribution < -0.4 is 10.6 Å². The Morgan fingerprint density at radius 2 is 2.08 bits per heavy atom.